The van der Waals surface area contributed by atoms with Crippen LogP contribution in [0, 0.1) is 0 Å². The molecule has 7 nitrogen and oxygen atoms in total. The molecule has 0 atom stereocenters. The van der Waals surface area contributed by atoms with Gasteiger partial charge in [0.2, 0.25) is 5.43 Å². The highest BCUT2D eigenvalue weighted by Gasteiger charge is 2.18. The largest absolute Gasteiger partial charge is 0.496 e. The van der Waals surface area contributed by atoms with Gasteiger partial charge in [-0.1, -0.05) is 18.2 Å². The molecular formula is C20H19NO6. The Balaban J connectivity index is 2.19. The first-order valence-electron chi connectivity index (χ1n) is 8.12. The topological polar surface area (TPSA) is 78.2 Å². The molecule has 7 heteroatoms. The zero-order valence-corrected chi connectivity index (χ0v) is 15.4. The first-order chi connectivity index (χ1) is 13.0. The summed E-state index contributed by atoms with van der Waals surface area (Å²) in [7, 11) is 6.11. The molecule has 0 spiro atoms. The molecule has 3 rings (SSSR count). The van der Waals surface area contributed by atoms with Gasteiger partial charge in [-0.2, -0.15) is 0 Å². The zero-order valence-electron chi connectivity index (χ0n) is 15.4. The van der Waals surface area contributed by atoms with Gasteiger partial charge in [-0.3, -0.25) is 4.79 Å². The molecule has 0 fully saturated rings. The third-order valence-electron chi connectivity index (χ3n) is 4.00. The predicted molar refractivity (Wildman–Crippen MR) is 101 cm³/mol. The molecule has 0 aliphatic carbocycles. The second kappa shape index (κ2) is 7.41. The monoisotopic (exact) mass is 369 g/mol. The number of fused-ring (bicyclic) bond motifs is 1. The first-order valence-corrected chi connectivity index (χ1v) is 8.12. The summed E-state index contributed by atoms with van der Waals surface area (Å²) in [5, 5.41) is 0.255. The van der Waals surface area contributed by atoms with Crippen molar-refractivity contribution in [1.82, 2.24) is 4.90 Å². The van der Waals surface area contributed by atoms with Crippen LogP contribution < -0.4 is 19.6 Å². The SMILES string of the molecule is COc1ccccc1-c1coc2cc(OC(=O)N(C)C)cc(OC)c2c1=O. The van der Waals surface area contributed by atoms with Gasteiger partial charge >= 0.3 is 6.09 Å². The molecule has 0 saturated heterocycles. The van der Waals surface area contributed by atoms with E-state index in [4.69, 9.17) is 18.6 Å². The van der Waals surface area contributed by atoms with Gasteiger partial charge in [0.05, 0.1) is 19.8 Å². The van der Waals surface area contributed by atoms with Gasteiger partial charge in [-0.25, -0.2) is 4.79 Å². The molecule has 1 heterocycles. The van der Waals surface area contributed by atoms with Crippen molar-refractivity contribution in [3.63, 3.8) is 0 Å². The van der Waals surface area contributed by atoms with E-state index < -0.39 is 6.09 Å². The zero-order chi connectivity index (χ0) is 19.6. The maximum atomic E-state index is 13.1. The van der Waals surface area contributed by atoms with Gasteiger partial charge in [-0.15, -0.1) is 0 Å². The van der Waals surface area contributed by atoms with E-state index in [2.05, 4.69) is 0 Å². The number of rotatable bonds is 4. The summed E-state index contributed by atoms with van der Waals surface area (Å²) in [5.74, 6) is 1.02. The van der Waals surface area contributed by atoms with Crippen LogP contribution in [0.15, 0.2) is 51.9 Å². The number of carbonyl (C=O) groups is 1. The smallest absolute Gasteiger partial charge is 0.414 e. The number of nitrogens with zero attached hydrogens (tertiary/aromatic N) is 1. The molecule has 0 aliphatic rings. The lowest BCUT2D eigenvalue weighted by Crippen LogP contribution is -2.25. The molecule has 0 bridgehead atoms. The minimum absolute atomic E-state index is 0.214. The van der Waals surface area contributed by atoms with E-state index in [9.17, 15) is 9.59 Å². The maximum Gasteiger partial charge on any atom is 0.414 e. The van der Waals surface area contributed by atoms with E-state index in [1.54, 1.807) is 26.2 Å². The molecule has 0 N–H and O–H groups in total. The van der Waals surface area contributed by atoms with Gasteiger partial charge in [0.25, 0.3) is 0 Å². The van der Waals surface area contributed by atoms with Crippen molar-refractivity contribution in [1.29, 1.82) is 0 Å². The van der Waals surface area contributed by atoms with Gasteiger partial charge in [0, 0.05) is 31.8 Å². The molecule has 0 aliphatic heterocycles. The Morgan fingerprint density at radius 3 is 2.37 bits per heavy atom. The number of benzene rings is 2. The second-order valence-electron chi connectivity index (χ2n) is 5.94. The number of methoxy groups -OCH3 is 2. The minimum atomic E-state index is -0.551. The van der Waals surface area contributed by atoms with Crippen LogP contribution in [0.5, 0.6) is 17.2 Å². The van der Waals surface area contributed by atoms with Crippen molar-refractivity contribution in [3.8, 4) is 28.4 Å². The number of hydrogen-bond donors (Lipinski definition) is 0. The molecule has 1 amide bonds. The van der Waals surface area contributed by atoms with Crippen LogP contribution in [0.1, 0.15) is 0 Å². The summed E-state index contributed by atoms with van der Waals surface area (Å²) < 4.78 is 21.6. The van der Waals surface area contributed by atoms with Gasteiger partial charge < -0.3 is 23.5 Å². The van der Waals surface area contributed by atoms with E-state index in [1.165, 1.54) is 37.5 Å². The van der Waals surface area contributed by atoms with E-state index >= 15 is 0 Å². The van der Waals surface area contributed by atoms with E-state index in [-0.39, 0.29) is 27.9 Å². The molecule has 1 aromatic heterocycles. The number of para-hydroxylation sites is 1. The fraction of sp³-hybridized carbons (Fsp3) is 0.200. The van der Waals surface area contributed by atoms with Crippen LogP contribution in [-0.2, 0) is 0 Å². The number of amides is 1. The lowest BCUT2D eigenvalue weighted by atomic mass is 10.0. The summed E-state index contributed by atoms with van der Waals surface area (Å²) >= 11 is 0. The minimum Gasteiger partial charge on any atom is -0.496 e. The summed E-state index contributed by atoms with van der Waals surface area (Å²) in [6, 6.07) is 10.1. The third-order valence-corrected chi connectivity index (χ3v) is 4.00. The van der Waals surface area contributed by atoms with E-state index in [1.807, 2.05) is 12.1 Å². The number of carbonyl (C=O) groups excluding carboxylic acids is 1. The fourth-order valence-corrected chi connectivity index (χ4v) is 2.66. The van der Waals surface area contributed by atoms with Crippen molar-refractivity contribution >= 4 is 17.1 Å². The molecule has 0 radical (unpaired) electrons. The normalized spacial score (nSPS) is 10.5. The number of hydrogen-bond acceptors (Lipinski definition) is 6. The molecular weight excluding hydrogens is 350 g/mol. The lowest BCUT2D eigenvalue weighted by Gasteiger charge is -2.13. The van der Waals surface area contributed by atoms with Crippen molar-refractivity contribution < 1.29 is 23.4 Å². The van der Waals surface area contributed by atoms with Crippen molar-refractivity contribution in [2.45, 2.75) is 0 Å². The highest BCUT2D eigenvalue weighted by atomic mass is 16.6. The average molecular weight is 369 g/mol. The van der Waals surface area contributed by atoms with Gasteiger partial charge in [0.1, 0.15) is 34.5 Å². The highest BCUT2D eigenvalue weighted by molar-refractivity contribution is 5.89. The fourth-order valence-electron chi connectivity index (χ4n) is 2.66. The van der Waals surface area contributed by atoms with Crippen LogP contribution in [0.2, 0.25) is 0 Å². The molecule has 0 unspecified atom stereocenters. The Hall–Kier alpha value is -3.48. The van der Waals surface area contributed by atoms with Crippen molar-refractivity contribution in [3.05, 3.63) is 52.9 Å². The quantitative estimate of drug-likeness (QED) is 0.700. The van der Waals surface area contributed by atoms with Gasteiger partial charge in [-0.05, 0) is 6.07 Å². The first kappa shape index (κ1) is 18.3. The second-order valence-corrected chi connectivity index (χ2v) is 5.94. The molecule has 3 aromatic rings. The summed E-state index contributed by atoms with van der Waals surface area (Å²) in [6.07, 6.45) is 0.809. The summed E-state index contributed by atoms with van der Waals surface area (Å²) in [4.78, 5) is 26.2. The van der Waals surface area contributed by atoms with Crippen LogP contribution in [0.4, 0.5) is 4.79 Å². The summed E-state index contributed by atoms with van der Waals surface area (Å²) in [5.41, 5.74) is 0.930. The highest BCUT2D eigenvalue weighted by Crippen LogP contribution is 2.33. The van der Waals surface area contributed by atoms with Crippen LogP contribution in [0.25, 0.3) is 22.1 Å². The van der Waals surface area contributed by atoms with E-state index in [0.717, 1.165) is 0 Å². The summed E-state index contributed by atoms with van der Waals surface area (Å²) in [6.45, 7) is 0. The molecule has 27 heavy (non-hydrogen) atoms. The molecule has 140 valence electrons. The predicted octanol–water partition coefficient (Wildman–Crippen LogP) is 3.54. The standard InChI is InChI=1S/C20H19NO6/c1-21(2)20(23)27-12-9-16(25-4)18-17(10-12)26-11-14(19(18)22)13-7-5-6-8-15(13)24-3/h5-11H,1-4H3. The van der Waals surface area contributed by atoms with Crippen molar-refractivity contribution in [2.24, 2.45) is 0 Å². The Bertz CT molecular complexity index is 1050. The van der Waals surface area contributed by atoms with Crippen LogP contribution >= 0.6 is 0 Å². The Labute approximate surface area is 155 Å². The Morgan fingerprint density at radius 2 is 1.70 bits per heavy atom. The lowest BCUT2D eigenvalue weighted by molar-refractivity contribution is 0.172. The number of ether oxygens (including phenoxy) is 3. The molecule has 2 aromatic carbocycles. The third kappa shape index (κ3) is 3.44. The van der Waals surface area contributed by atoms with Crippen molar-refractivity contribution in [2.75, 3.05) is 28.3 Å². The van der Waals surface area contributed by atoms with Gasteiger partial charge in [0.15, 0.2) is 0 Å². The molecule has 0 saturated carbocycles. The maximum absolute atomic E-state index is 13.1. The van der Waals surface area contributed by atoms with E-state index in [0.29, 0.717) is 16.9 Å². The average Bonchev–Trinajstić information content (AvgIpc) is 2.67. The Morgan fingerprint density at radius 1 is 1.00 bits per heavy atom. The van der Waals surface area contributed by atoms with Crippen LogP contribution in [0.3, 0.4) is 0 Å². The van der Waals surface area contributed by atoms with Crippen LogP contribution in [-0.4, -0.2) is 39.3 Å². The Kier molecular flexibility index (Phi) is 5.03.